The minimum absolute atomic E-state index is 0.392. The van der Waals surface area contributed by atoms with E-state index in [9.17, 15) is 5.26 Å². The van der Waals surface area contributed by atoms with Crippen LogP contribution in [0.25, 0.3) is 0 Å². The van der Waals surface area contributed by atoms with Gasteiger partial charge in [0.25, 0.3) is 0 Å². The number of methoxy groups -OCH3 is 2. The van der Waals surface area contributed by atoms with Gasteiger partial charge < -0.3 is 25.4 Å². The van der Waals surface area contributed by atoms with Gasteiger partial charge >= 0.3 is 0 Å². The lowest BCUT2D eigenvalue weighted by Gasteiger charge is -2.19. The maximum absolute atomic E-state index is 9.28. The van der Waals surface area contributed by atoms with E-state index >= 15 is 0 Å². The number of benzene rings is 1. The quantitative estimate of drug-likeness (QED) is 0.878. The van der Waals surface area contributed by atoms with E-state index in [-0.39, 0.29) is 0 Å². The largest absolute Gasteiger partial charge is 0.493 e. The molecule has 0 fully saturated rings. The second-order valence-electron chi connectivity index (χ2n) is 5.31. The maximum Gasteiger partial charge on any atom is 0.165 e. The zero-order chi connectivity index (χ0) is 16.4. The van der Waals surface area contributed by atoms with E-state index in [0.717, 1.165) is 22.5 Å². The molecule has 0 aromatic heterocycles. The van der Waals surface area contributed by atoms with E-state index in [4.69, 9.17) is 15.2 Å². The van der Waals surface area contributed by atoms with Gasteiger partial charge in [-0.1, -0.05) is 12.1 Å². The number of dihydropyridines is 1. The average molecular weight is 310 g/mol. The van der Waals surface area contributed by atoms with Crippen LogP contribution in [-0.4, -0.2) is 25.7 Å². The smallest absolute Gasteiger partial charge is 0.165 e. The average Bonchev–Trinajstić information content (AvgIpc) is 2.97. The Morgan fingerprint density at radius 2 is 2.17 bits per heavy atom. The van der Waals surface area contributed by atoms with Crippen molar-refractivity contribution in [2.75, 3.05) is 20.8 Å². The summed E-state index contributed by atoms with van der Waals surface area (Å²) in [6.45, 7) is 1.36. The summed E-state index contributed by atoms with van der Waals surface area (Å²) in [7, 11) is 3.25. The Labute approximate surface area is 135 Å². The number of nitrogens with zero attached hydrogens (tertiary/aromatic N) is 2. The van der Waals surface area contributed by atoms with Crippen molar-refractivity contribution >= 4 is 0 Å². The zero-order valence-electron chi connectivity index (χ0n) is 13.1. The summed E-state index contributed by atoms with van der Waals surface area (Å²) in [5, 5.41) is 12.2. The van der Waals surface area contributed by atoms with Gasteiger partial charge in [0, 0.05) is 36.6 Å². The van der Waals surface area contributed by atoms with Gasteiger partial charge in [0.05, 0.1) is 14.2 Å². The molecule has 0 atom stereocenters. The van der Waals surface area contributed by atoms with Crippen molar-refractivity contribution in [2.24, 2.45) is 5.73 Å². The van der Waals surface area contributed by atoms with Crippen molar-refractivity contribution in [1.82, 2.24) is 10.2 Å². The van der Waals surface area contributed by atoms with Crippen LogP contribution in [0.3, 0.4) is 0 Å². The molecule has 0 radical (unpaired) electrons. The molecule has 118 valence electrons. The van der Waals surface area contributed by atoms with Crippen LogP contribution in [0, 0.1) is 11.3 Å². The Kier molecular flexibility index (Phi) is 3.85. The number of rotatable bonds is 4. The topological polar surface area (TPSA) is 83.5 Å². The van der Waals surface area contributed by atoms with E-state index < -0.39 is 0 Å². The first-order valence-corrected chi connectivity index (χ1v) is 7.19. The molecular weight excluding hydrogens is 292 g/mol. The van der Waals surface area contributed by atoms with Crippen molar-refractivity contribution in [3.63, 3.8) is 0 Å². The monoisotopic (exact) mass is 310 g/mol. The van der Waals surface area contributed by atoms with E-state index in [0.29, 0.717) is 30.2 Å². The van der Waals surface area contributed by atoms with Gasteiger partial charge in [-0.3, -0.25) is 0 Å². The molecule has 6 nitrogen and oxygen atoms in total. The molecule has 0 amide bonds. The zero-order valence-corrected chi connectivity index (χ0v) is 13.1. The minimum atomic E-state index is 0.392. The highest BCUT2D eigenvalue weighted by Gasteiger charge is 2.26. The highest BCUT2D eigenvalue weighted by molar-refractivity contribution is 5.60. The number of ether oxygens (including phenoxy) is 2. The van der Waals surface area contributed by atoms with E-state index in [1.807, 2.05) is 30.6 Å². The summed E-state index contributed by atoms with van der Waals surface area (Å²) >= 11 is 0. The van der Waals surface area contributed by atoms with Crippen LogP contribution >= 0.6 is 0 Å². The lowest BCUT2D eigenvalue weighted by molar-refractivity contribution is 0.341. The van der Waals surface area contributed by atoms with Gasteiger partial charge in [-0.05, 0) is 11.6 Å². The summed E-state index contributed by atoms with van der Waals surface area (Å²) < 4.78 is 10.8. The standard InChI is InChI=1S/C17H18N4O2/c1-22-15-5-3-4-11(16(15)23-2)8-21-9-12-7-20-17(19)13(6-18)14(12)10-21/h3-5,7,10,20H,8-9,19H2,1-2H3. The second kappa shape index (κ2) is 5.97. The van der Waals surface area contributed by atoms with Gasteiger partial charge in [-0.15, -0.1) is 0 Å². The number of hydrogen-bond acceptors (Lipinski definition) is 6. The fourth-order valence-electron chi connectivity index (χ4n) is 2.86. The van der Waals surface area contributed by atoms with Crippen molar-refractivity contribution in [3.05, 3.63) is 58.7 Å². The van der Waals surface area contributed by atoms with Crippen LogP contribution in [0.1, 0.15) is 5.56 Å². The molecule has 0 bridgehead atoms. The van der Waals surface area contributed by atoms with Gasteiger partial charge in [0.1, 0.15) is 17.5 Å². The lowest BCUT2D eigenvalue weighted by Crippen LogP contribution is -2.22. The van der Waals surface area contributed by atoms with E-state index in [1.165, 1.54) is 0 Å². The van der Waals surface area contributed by atoms with Crippen molar-refractivity contribution in [3.8, 4) is 17.6 Å². The van der Waals surface area contributed by atoms with Crippen molar-refractivity contribution < 1.29 is 9.47 Å². The van der Waals surface area contributed by atoms with Gasteiger partial charge in [0.15, 0.2) is 11.5 Å². The molecule has 0 aliphatic carbocycles. The molecular formula is C17H18N4O2. The highest BCUT2D eigenvalue weighted by Crippen LogP contribution is 2.35. The summed E-state index contributed by atoms with van der Waals surface area (Å²) in [6.07, 6.45) is 3.82. The molecule has 2 heterocycles. The Bertz CT molecular complexity index is 771. The van der Waals surface area contributed by atoms with Crippen LogP contribution in [0.2, 0.25) is 0 Å². The Morgan fingerprint density at radius 3 is 2.87 bits per heavy atom. The summed E-state index contributed by atoms with van der Waals surface area (Å²) in [5.74, 6) is 1.83. The van der Waals surface area contributed by atoms with Crippen LogP contribution in [0.5, 0.6) is 11.5 Å². The molecule has 6 heteroatoms. The molecule has 3 N–H and O–H groups in total. The van der Waals surface area contributed by atoms with Crippen LogP contribution in [0.4, 0.5) is 0 Å². The third-order valence-corrected chi connectivity index (χ3v) is 3.94. The summed E-state index contributed by atoms with van der Waals surface area (Å²) in [6, 6.07) is 7.97. The Balaban J connectivity index is 1.88. The second-order valence-corrected chi connectivity index (χ2v) is 5.31. The number of hydrogen-bond donors (Lipinski definition) is 2. The normalized spacial score (nSPS) is 16.1. The Hall–Kier alpha value is -3.07. The number of nitrogens with one attached hydrogen (secondary N) is 1. The van der Waals surface area contributed by atoms with E-state index in [2.05, 4.69) is 16.3 Å². The lowest BCUT2D eigenvalue weighted by atomic mass is 10.0. The highest BCUT2D eigenvalue weighted by atomic mass is 16.5. The SMILES string of the molecule is COc1cccc(CN2C=C3C(=CNC(N)=C3C#N)C2)c1OC. The van der Waals surface area contributed by atoms with Crippen molar-refractivity contribution in [2.45, 2.75) is 6.54 Å². The first-order valence-electron chi connectivity index (χ1n) is 7.19. The van der Waals surface area contributed by atoms with Crippen LogP contribution in [0.15, 0.2) is 53.1 Å². The number of fused-ring (bicyclic) bond motifs is 1. The van der Waals surface area contributed by atoms with Gasteiger partial charge in [-0.25, -0.2) is 0 Å². The fraction of sp³-hybridized carbons (Fsp3) is 0.235. The molecule has 1 aromatic carbocycles. The fourth-order valence-corrected chi connectivity index (χ4v) is 2.86. The van der Waals surface area contributed by atoms with E-state index in [1.54, 1.807) is 14.2 Å². The number of allylic oxidation sites excluding steroid dienone is 1. The number of para-hydroxylation sites is 1. The minimum Gasteiger partial charge on any atom is -0.493 e. The molecule has 3 rings (SSSR count). The molecule has 0 spiro atoms. The summed E-state index contributed by atoms with van der Waals surface area (Å²) in [5.41, 5.74) is 9.27. The number of nitrogens with two attached hydrogens (primary N) is 1. The predicted octanol–water partition coefficient (Wildman–Crippen LogP) is 1.58. The van der Waals surface area contributed by atoms with Crippen LogP contribution < -0.4 is 20.5 Å². The molecule has 0 saturated heterocycles. The first kappa shape index (κ1) is 14.9. The Morgan fingerprint density at radius 1 is 1.35 bits per heavy atom. The predicted molar refractivity (Wildman–Crippen MR) is 86.1 cm³/mol. The van der Waals surface area contributed by atoms with Gasteiger partial charge in [0.2, 0.25) is 0 Å². The first-order chi connectivity index (χ1) is 11.2. The molecule has 2 aliphatic rings. The van der Waals surface area contributed by atoms with Gasteiger partial charge in [-0.2, -0.15) is 5.26 Å². The number of nitriles is 1. The third kappa shape index (κ3) is 2.57. The molecule has 1 aromatic rings. The molecule has 23 heavy (non-hydrogen) atoms. The molecule has 0 saturated carbocycles. The third-order valence-electron chi connectivity index (χ3n) is 3.94. The summed E-state index contributed by atoms with van der Waals surface area (Å²) in [4.78, 5) is 2.12. The maximum atomic E-state index is 9.28. The van der Waals surface area contributed by atoms with Crippen LogP contribution in [-0.2, 0) is 6.54 Å². The molecule has 2 aliphatic heterocycles. The molecule has 0 unspecified atom stereocenters. The van der Waals surface area contributed by atoms with Crippen molar-refractivity contribution in [1.29, 1.82) is 5.26 Å².